The van der Waals surface area contributed by atoms with Crippen LogP contribution in [0.1, 0.15) is 18.1 Å². The van der Waals surface area contributed by atoms with Gasteiger partial charge in [0, 0.05) is 12.1 Å². The predicted molar refractivity (Wildman–Crippen MR) is 109 cm³/mol. The number of carboxylic acid groups (broad SMARTS) is 1. The smallest absolute Gasteiger partial charge is 0.339 e. The Morgan fingerprint density at radius 3 is 2.50 bits per heavy atom. The number of carbonyl (C=O) groups is 1. The second-order valence-corrected chi connectivity index (χ2v) is 6.48. The Balaban J connectivity index is 2.25. The fourth-order valence-electron chi connectivity index (χ4n) is 2.36. The lowest BCUT2D eigenvalue weighted by atomic mass is 10.0. The van der Waals surface area contributed by atoms with E-state index < -0.39 is 12.1 Å². The van der Waals surface area contributed by atoms with Crippen LogP contribution in [0.25, 0.3) is 5.57 Å². The van der Waals surface area contributed by atoms with Gasteiger partial charge in [0.1, 0.15) is 17.9 Å². The maximum absolute atomic E-state index is 11.5. The van der Waals surface area contributed by atoms with E-state index in [1.807, 2.05) is 0 Å². The molecule has 0 aromatic heterocycles. The molecule has 0 saturated carbocycles. The third-order valence-electron chi connectivity index (χ3n) is 3.67. The number of hydrogen-bond acceptors (Lipinski definition) is 4. The van der Waals surface area contributed by atoms with Crippen LogP contribution in [0.15, 0.2) is 42.7 Å². The van der Waals surface area contributed by atoms with Crippen LogP contribution in [0.4, 0.5) is 0 Å². The van der Waals surface area contributed by atoms with Crippen LogP contribution in [0.3, 0.4) is 0 Å². The maximum atomic E-state index is 11.5. The first-order valence-electron chi connectivity index (χ1n) is 8.16. The number of methoxy groups -OCH3 is 1. The van der Waals surface area contributed by atoms with E-state index in [0.717, 1.165) is 0 Å². The number of hydrogen-bond donors (Lipinski definition) is 1. The zero-order chi connectivity index (χ0) is 20.7. The molecule has 0 spiro atoms. The fourth-order valence-corrected chi connectivity index (χ4v) is 2.92. The molecule has 2 aromatic carbocycles. The third kappa shape index (κ3) is 5.35. The van der Waals surface area contributed by atoms with E-state index in [4.69, 9.17) is 43.8 Å². The Bertz CT molecular complexity index is 908. The summed E-state index contributed by atoms with van der Waals surface area (Å²) in [6.07, 6.45) is 5.99. The highest BCUT2D eigenvalue weighted by molar-refractivity contribution is 6.37. The number of aliphatic carboxylic acids is 1. The van der Waals surface area contributed by atoms with Gasteiger partial charge in [0.15, 0.2) is 11.9 Å². The summed E-state index contributed by atoms with van der Waals surface area (Å²) in [6.45, 7) is 1.79. The second-order valence-electron chi connectivity index (χ2n) is 5.66. The molecule has 7 heteroatoms. The SMILES string of the molecule is C#CC(C)Oc1c(Cl)cc(OCc2ccccc2C(=COC)C(=O)O)cc1Cl. The predicted octanol–water partition coefficient (Wildman–Crippen LogP) is 5.04. The van der Waals surface area contributed by atoms with Crippen LogP contribution in [0.2, 0.25) is 10.0 Å². The lowest BCUT2D eigenvalue weighted by Gasteiger charge is -2.15. The Morgan fingerprint density at radius 1 is 1.29 bits per heavy atom. The molecule has 0 aliphatic carbocycles. The van der Waals surface area contributed by atoms with Gasteiger partial charge in [-0.3, -0.25) is 0 Å². The molecule has 0 aliphatic heterocycles. The van der Waals surface area contributed by atoms with Crippen molar-refractivity contribution in [2.24, 2.45) is 0 Å². The van der Waals surface area contributed by atoms with E-state index in [2.05, 4.69) is 5.92 Å². The van der Waals surface area contributed by atoms with Gasteiger partial charge in [-0.25, -0.2) is 4.79 Å². The minimum absolute atomic E-state index is 0.0183. The van der Waals surface area contributed by atoms with Crippen molar-refractivity contribution >= 4 is 34.7 Å². The molecule has 1 unspecified atom stereocenters. The normalized spacial score (nSPS) is 12.0. The second kappa shape index (κ2) is 9.93. The van der Waals surface area contributed by atoms with Gasteiger partial charge in [-0.2, -0.15) is 0 Å². The first-order valence-corrected chi connectivity index (χ1v) is 8.92. The summed E-state index contributed by atoms with van der Waals surface area (Å²) in [5.41, 5.74) is 1.16. The highest BCUT2D eigenvalue weighted by Crippen LogP contribution is 2.37. The lowest BCUT2D eigenvalue weighted by Crippen LogP contribution is -2.09. The Labute approximate surface area is 173 Å². The quantitative estimate of drug-likeness (QED) is 0.367. The summed E-state index contributed by atoms with van der Waals surface area (Å²) in [6, 6.07) is 10.1. The molecule has 0 radical (unpaired) electrons. The van der Waals surface area contributed by atoms with Gasteiger partial charge in [-0.05, 0) is 18.1 Å². The molecular formula is C21H18Cl2O5. The van der Waals surface area contributed by atoms with Gasteiger partial charge in [0.2, 0.25) is 0 Å². The molecule has 0 heterocycles. The van der Waals surface area contributed by atoms with E-state index in [1.165, 1.54) is 13.4 Å². The third-order valence-corrected chi connectivity index (χ3v) is 4.23. The van der Waals surface area contributed by atoms with E-state index in [-0.39, 0.29) is 28.0 Å². The van der Waals surface area contributed by atoms with Crippen LogP contribution in [0.5, 0.6) is 11.5 Å². The molecule has 146 valence electrons. The number of rotatable bonds is 8. The first-order chi connectivity index (χ1) is 13.4. The van der Waals surface area contributed by atoms with Gasteiger partial charge in [0.25, 0.3) is 0 Å². The summed E-state index contributed by atoms with van der Waals surface area (Å²) in [5, 5.41) is 9.92. The molecule has 0 saturated heterocycles. The Morgan fingerprint density at radius 2 is 1.93 bits per heavy atom. The van der Waals surface area contributed by atoms with Gasteiger partial charge in [0.05, 0.1) is 23.4 Å². The molecule has 1 N–H and O–H groups in total. The molecule has 0 bridgehead atoms. The highest BCUT2D eigenvalue weighted by Gasteiger charge is 2.16. The minimum Gasteiger partial charge on any atom is -0.503 e. The average molecular weight is 421 g/mol. The van der Waals surface area contributed by atoms with Crippen LogP contribution < -0.4 is 9.47 Å². The van der Waals surface area contributed by atoms with E-state index in [1.54, 1.807) is 43.3 Å². The largest absolute Gasteiger partial charge is 0.503 e. The number of ether oxygens (including phenoxy) is 3. The van der Waals surface area contributed by atoms with Crippen molar-refractivity contribution in [2.45, 2.75) is 19.6 Å². The number of carboxylic acids is 1. The van der Waals surface area contributed by atoms with E-state index in [0.29, 0.717) is 16.9 Å². The number of halogens is 2. The highest BCUT2D eigenvalue weighted by atomic mass is 35.5. The molecule has 0 aliphatic rings. The van der Waals surface area contributed by atoms with Gasteiger partial charge < -0.3 is 19.3 Å². The molecule has 0 amide bonds. The van der Waals surface area contributed by atoms with Gasteiger partial charge in [-0.1, -0.05) is 53.4 Å². The standard InChI is InChI=1S/C21H18Cl2O5/c1-4-13(2)28-20-18(22)9-15(10-19(20)23)27-11-14-7-5-6-8-16(14)17(12-26-3)21(24)25/h1,5-10,12-13H,11H2,2-3H3,(H,24,25). The lowest BCUT2D eigenvalue weighted by molar-refractivity contribution is -0.130. The zero-order valence-electron chi connectivity index (χ0n) is 15.2. The van der Waals surface area contributed by atoms with Crippen LogP contribution in [-0.4, -0.2) is 24.3 Å². The number of terminal acetylenes is 1. The summed E-state index contributed by atoms with van der Waals surface area (Å²) in [4.78, 5) is 11.5. The number of benzene rings is 2. The minimum atomic E-state index is -1.11. The Kier molecular flexibility index (Phi) is 7.62. The van der Waals surface area contributed by atoms with Crippen molar-refractivity contribution in [1.29, 1.82) is 0 Å². The van der Waals surface area contributed by atoms with Crippen molar-refractivity contribution in [3.05, 3.63) is 63.8 Å². The molecule has 28 heavy (non-hydrogen) atoms. The zero-order valence-corrected chi connectivity index (χ0v) is 16.8. The molecular weight excluding hydrogens is 403 g/mol. The van der Waals surface area contributed by atoms with Crippen molar-refractivity contribution in [1.82, 2.24) is 0 Å². The van der Waals surface area contributed by atoms with Crippen LogP contribution >= 0.6 is 23.2 Å². The molecule has 5 nitrogen and oxygen atoms in total. The summed E-state index contributed by atoms with van der Waals surface area (Å²) in [5.74, 6) is 2.00. The van der Waals surface area contributed by atoms with E-state index in [9.17, 15) is 9.90 Å². The van der Waals surface area contributed by atoms with E-state index >= 15 is 0 Å². The molecule has 0 fully saturated rings. The molecule has 2 rings (SSSR count). The Hall–Kier alpha value is -2.81. The average Bonchev–Trinajstić information content (AvgIpc) is 2.67. The summed E-state index contributed by atoms with van der Waals surface area (Å²) >= 11 is 12.4. The van der Waals surface area contributed by atoms with Crippen LogP contribution in [0, 0.1) is 12.3 Å². The molecule has 1 atom stereocenters. The topological polar surface area (TPSA) is 65.0 Å². The molecule has 2 aromatic rings. The van der Waals surface area contributed by atoms with Crippen LogP contribution in [-0.2, 0) is 16.1 Å². The summed E-state index contributed by atoms with van der Waals surface area (Å²) < 4.78 is 16.1. The maximum Gasteiger partial charge on any atom is 0.339 e. The van der Waals surface area contributed by atoms with Crippen molar-refractivity contribution in [3.8, 4) is 23.8 Å². The summed E-state index contributed by atoms with van der Waals surface area (Å²) in [7, 11) is 1.39. The monoisotopic (exact) mass is 420 g/mol. The van der Waals surface area contributed by atoms with Crippen molar-refractivity contribution < 1.29 is 24.1 Å². The first kappa shape index (κ1) is 21.5. The van der Waals surface area contributed by atoms with Crippen molar-refractivity contribution in [2.75, 3.05) is 7.11 Å². The fraction of sp³-hybridized carbons (Fsp3) is 0.190. The van der Waals surface area contributed by atoms with Gasteiger partial charge in [-0.15, -0.1) is 6.42 Å². The van der Waals surface area contributed by atoms with Gasteiger partial charge >= 0.3 is 5.97 Å². The van der Waals surface area contributed by atoms with Crippen molar-refractivity contribution in [3.63, 3.8) is 0 Å².